The van der Waals surface area contributed by atoms with Crippen molar-refractivity contribution in [3.8, 4) is 0 Å². The van der Waals surface area contributed by atoms with Gasteiger partial charge in [0.25, 0.3) is 5.91 Å². The fraction of sp³-hybridized carbons (Fsp3) is 0.312. The molecule has 3 rings (SSSR count). The largest absolute Gasteiger partial charge is 0.464 e. The second kappa shape index (κ2) is 5.29. The first kappa shape index (κ1) is 14.3. The average molecular weight is 299 g/mol. The normalized spacial score (nSPS) is 13.1. The van der Waals surface area contributed by atoms with Gasteiger partial charge in [-0.05, 0) is 37.5 Å². The van der Waals surface area contributed by atoms with Gasteiger partial charge in [-0.2, -0.15) is 0 Å². The van der Waals surface area contributed by atoms with E-state index in [0.29, 0.717) is 29.1 Å². The molecule has 0 atom stereocenters. The number of fused-ring (bicyclic) bond motifs is 1. The molecular weight excluding hydrogens is 282 g/mol. The molecule has 0 radical (unpaired) electrons. The Morgan fingerprint density at radius 1 is 1.36 bits per heavy atom. The van der Waals surface area contributed by atoms with Gasteiger partial charge in [0.05, 0.1) is 18.4 Å². The van der Waals surface area contributed by atoms with Crippen LogP contribution in [-0.4, -0.2) is 35.5 Å². The third-order valence-corrected chi connectivity index (χ3v) is 4.06. The van der Waals surface area contributed by atoms with Gasteiger partial charge in [-0.3, -0.25) is 9.78 Å². The van der Waals surface area contributed by atoms with Crippen LogP contribution in [0.15, 0.2) is 18.5 Å². The summed E-state index contributed by atoms with van der Waals surface area (Å²) >= 11 is 0. The maximum atomic E-state index is 12.9. The fourth-order valence-electron chi connectivity index (χ4n) is 2.95. The summed E-state index contributed by atoms with van der Waals surface area (Å²) in [4.78, 5) is 33.5. The average Bonchev–Trinajstić information content (AvgIpc) is 3.07. The molecule has 2 aromatic heterocycles. The van der Waals surface area contributed by atoms with Crippen molar-refractivity contribution in [2.75, 3.05) is 18.6 Å². The van der Waals surface area contributed by atoms with Crippen LogP contribution < -0.4 is 4.90 Å². The van der Waals surface area contributed by atoms with E-state index in [0.717, 1.165) is 17.7 Å². The molecule has 0 unspecified atom stereocenters. The number of rotatable bonds is 2. The van der Waals surface area contributed by atoms with Crippen molar-refractivity contribution in [2.24, 2.45) is 0 Å². The first-order chi connectivity index (χ1) is 10.5. The molecule has 0 aliphatic carbocycles. The zero-order chi connectivity index (χ0) is 15.9. The number of carbonyl (C=O) groups excluding carboxylic acids is 2. The first-order valence-corrected chi connectivity index (χ1v) is 7.06. The molecule has 0 aromatic carbocycles. The predicted molar refractivity (Wildman–Crippen MR) is 81.2 cm³/mol. The smallest absolute Gasteiger partial charge is 0.354 e. The summed E-state index contributed by atoms with van der Waals surface area (Å²) < 4.78 is 4.74. The van der Waals surface area contributed by atoms with Gasteiger partial charge in [0.2, 0.25) is 0 Å². The third-order valence-electron chi connectivity index (χ3n) is 4.06. The number of hydrogen-bond donors (Lipinski definition) is 1. The van der Waals surface area contributed by atoms with E-state index in [4.69, 9.17) is 4.74 Å². The van der Waals surface area contributed by atoms with Crippen LogP contribution in [0, 0.1) is 13.8 Å². The molecule has 0 saturated carbocycles. The summed E-state index contributed by atoms with van der Waals surface area (Å²) in [6.07, 6.45) is 4.27. The maximum absolute atomic E-state index is 12.9. The van der Waals surface area contributed by atoms with Crippen molar-refractivity contribution < 1.29 is 14.3 Å². The number of ether oxygens (including phenoxy) is 1. The Morgan fingerprint density at radius 3 is 2.86 bits per heavy atom. The minimum Gasteiger partial charge on any atom is -0.464 e. The molecule has 114 valence electrons. The van der Waals surface area contributed by atoms with Crippen molar-refractivity contribution in [1.82, 2.24) is 9.97 Å². The van der Waals surface area contributed by atoms with Gasteiger partial charge in [-0.15, -0.1) is 0 Å². The summed E-state index contributed by atoms with van der Waals surface area (Å²) in [7, 11) is 1.32. The molecule has 6 nitrogen and oxygen atoms in total. The van der Waals surface area contributed by atoms with E-state index >= 15 is 0 Å². The van der Waals surface area contributed by atoms with Gasteiger partial charge >= 0.3 is 5.97 Å². The number of pyridine rings is 1. The van der Waals surface area contributed by atoms with E-state index in [1.165, 1.54) is 7.11 Å². The van der Waals surface area contributed by atoms with Gasteiger partial charge in [0.15, 0.2) is 0 Å². The Bertz CT molecular complexity index is 764. The number of anilines is 1. The Kier molecular flexibility index (Phi) is 3.44. The van der Waals surface area contributed by atoms with Gasteiger partial charge in [0.1, 0.15) is 5.69 Å². The van der Waals surface area contributed by atoms with Crippen molar-refractivity contribution in [1.29, 1.82) is 0 Å². The van der Waals surface area contributed by atoms with Crippen LogP contribution in [-0.2, 0) is 11.2 Å². The SMILES string of the molecule is COC(=O)c1[nH]c(C)c(C(=O)N2CCc3cnccc32)c1C. The summed E-state index contributed by atoms with van der Waals surface area (Å²) in [5.74, 6) is -0.572. The van der Waals surface area contributed by atoms with Crippen LogP contribution in [0.5, 0.6) is 0 Å². The lowest BCUT2D eigenvalue weighted by Gasteiger charge is -2.17. The van der Waals surface area contributed by atoms with Crippen molar-refractivity contribution in [3.63, 3.8) is 0 Å². The number of H-pyrrole nitrogens is 1. The molecule has 1 N–H and O–H groups in total. The first-order valence-electron chi connectivity index (χ1n) is 7.06. The Labute approximate surface area is 128 Å². The molecule has 3 heterocycles. The second-order valence-electron chi connectivity index (χ2n) is 5.33. The van der Waals surface area contributed by atoms with Crippen molar-refractivity contribution in [3.05, 3.63) is 46.5 Å². The molecule has 0 saturated heterocycles. The number of aromatic amines is 1. The molecule has 6 heteroatoms. The molecule has 1 amide bonds. The number of amides is 1. The summed E-state index contributed by atoms with van der Waals surface area (Å²) in [6.45, 7) is 4.17. The Morgan fingerprint density at radius 2 is 2.14 bits per heavy atom. The zero-order valence-corrected chi connectivity index (χ0v) is 12.8. The molecular formula is C16H17N3O3. The molecule has 0 bridgehead atoms. The minimum atomic E-state index is -0.467. The van der Waals surface area contributed by atoms with E-state index < -0.39 is 5.97 Å². The number of aromatic nitrogens is 2. The number of aryl methyl sites for hydroxylation is 1. The molecule has 1 aliphatic heterocycles. The van der Waals surface area contributed by atoms with Crippen LogP contribution >= 0.6 is 0 Å². The standard InChI is InChI=1S/C16H17N3O3/c1-9-13(10(2)18-14(9)16(21)22-3)15(20)19-7-5-11-8-17-6-4-12(11)19/h4,6,8,18H,5,7H2,1-3H3. The molecule has 22 heavy (non-hydrogen) atoms. The van der Waals surface area contributed by atoms with Crippen LogP contribution in [0.1, 0.15) is 37.7 Å². The molecule has 2 aromatic rings. The highest BCUT2D eigenvalue weighted by Gasteiger charge is 2.30. The lowest BCUT2D eigenvalue weighted by atomic mass is 10.1. The van der Waals surface area contributed by atoms with E-state index in [2.05, 4.69) is 9.97 Å². The fourth-order valence-corrected chi connectivity index (χ4v) is 2.95. The number of carbonyl (C=O) groups is 2. The quantitative estimate of drug-likeness (QED) is 0.861. The maximum Gasteiger partial charge on any atom is 0.354 e. The topological polar surface area (TPSA) is 75.3 Å². The zero-order valence-electron chi connectivity index (χ0n) is 12.8. The number of methoxy groups -OCH3 is 1. The predicted octanol–water partition coefficient (Wildman–Crippen LogP) is 2.02. The highest BCUT2D eigenvalue weighted by molar-refractivity contribution is 6.10. The molecule has 1 aliphatic rings. The van der Waals surface area contributed by atoms with E-state index in [1.54, 1.807) is 31.1 Å². The summed E-state index contributed by atoms with van der Waals surface area (Å²) in [5.41, 5.74) is 4.11. The van der Waals surface area contributed by atoms with Crippen molar-refractivity contribution >= 4 is 17.6 Å². The van der Waals surface area contributed by atoms with Crippen LogP contribution in [0.25, 0.3) is 0 Å². The van der Waals surface area contributed by atoms with E-state index in [-0.39, 0.29) is 5.91 Å². The summed E-state index contributed by atoms with van der Waals surface area (Å²) in [6, 6.07) is 1.85. The second-order valence-corrected chi connectivity index (χ2v) is 5.33. The summed E-state index contributed by atoms with van der Waals surface area (Å²) in [5, 5.41) is 0. The lowest BCUT2D eigenvalue weighted by molar-refractivity contribution is 0.0594. The Hall–Kier alpha value is -2.63. The molecule has 0 fully saturated rings. The van der Waals surface area contributed by atoms with Crippen LogP contribution in [0.2, 0.25) is 0 Å². The van der Waals surface area contributed by atoms with E-state index in [1.807, 2.05) is 6.07 Å². The van der Waals surface area contributed by atoms with Crippen LogP contribution in [0.4, 0.5) is 5.69 Å². The highest BCUT2D eigenvalue weighted by Crippen LogP contribution is 2.30. The Balaban J connectivity index is 2.01. The van der Waals surface area contributed by atoms with Crippen molar-refractivity contribution in [2.45, 2.75) is 20.3 Å². The van der Waals surface area contributed by atoms with E-state index in [9.17, 15) is 9.59 Å². The number of nitrogens with zero attached hydrogens (tertiary/aromatic N) is 2. The van der Waals surface area contributed by atoms with Crippen LogP contribution in [0.3, 0.4) is 0 Å². The van der Waals surface area contributed by atoms with Gasteiger partial charge < -0.3 is 14.6 Å². The number of esters is 1. The van der Waals surface area contributed by atoms with Gasteiger partial charge in [0, 0.05) is 24.6 Å². The third kappa shape index (κ3) is 2.07. The number of hydrogen-bond acceptors (Lipinski definition) is 4. The highest BCUT2D eigenvalue weighted by atomic mass is 16.5. The molecule has 0 spiro atoms. The van der Waals surface area contributed by atoms with Gasteiger partial charge in [-0.25, -0.2) is 4.79 Å². The number of nitrogens with one attached hydrogen (secondary N) is 1. The minimum absolute atomic E-state index is 0.105. The van der Waals surface area contributed by atoms with Gasteiger partial charge in [-0.1, -0.05) is 0 Å². The monoisotopic (exact) mass is 299 g/mol. The lowest BCUT2D eigenvalue weighted by Crippen LogP contribution is -2.29.